The van der Waals surface area contributed by atoms with Crippen LogP contribution in [-0.2, 0) is 34.3 Å². The zero-order chi connectivity index (χ0) is 20.3. The molecule has 2 aliphatic heterocycles. The minimum Gasteiger partial charge on any atom is -0.376 e. The molecule has 2 aliphatic rings. The number of piperidine rings is 1. The standard InChI is InChI=1S/C21H30N4O3S/c1-2-3-13-29(26,27)25-11-5-4-8-20(25)21-18-16-28-12-9-19(18)24(23-21)15-17-7-6-10-22-14-17/h6-7,10,14,20H,2-5,8-9,11-13,15-16H2,1H3. The van der Waals surface area contributed by atoms with Gasteiger partial charge >= 0.3 is 0 Å². The van der Waals surface area contributed by atoms with Crippen molar-refractivity contribution in [3.8, 4) is 0 Å². The number of sulfonamides is 1. The number of hydrogen-bond acceptors (Lipinski definition) is 5. The number of pyridine rings is 1. The van der Waals surface area contributed by atoms with E-state index in [4.69, 9.17) is 9.84 Å². The van der Waals surface area contributed by atoms with Crippen molar-refractivity contribution in [2.24, 2.45) is 0 Å². The van der Waals surface area contributed by atoms with E-state index in [-0.39, 0.29) is 11.8 Å². The first-order valence-electron chi connectivity index (χ1n) is 10.6. The van der Waals surface area contributed by atoms with Crippen molar-refractivity contribution >= 4 is 10.0 Å². The Morgan fingerprint density at radius 1 is 1.31 bits per heavy atom. The lowest BCUT2D eigenvalue weighted by Crippen LogP contribution is -2.40. The van der Waals surface area contributed by atoms with E-state index in [1.807, 2.05) is 29.9 Å². The Morgan fingerprint density at radius 2 is 2.21 bits per heavy atom. The third-order valence-corrected chi connectivity index (χ3v) is 7.82. The molecule has 0 saturated carbocycles. The van der Waals surface area contributed by atoms with Gasteiger partial charge in [-0.3, -0.25) is 9.67 Å². The van der Waals surface area contributed by atoms with E-state index in [0.717, 1.165) is 48.9 Å². The van der Waals surface area contributed by atoms with Gasteiger partial charge in [0.15, 0.2) is 0 Å². The van der Waals surface area contributed by atoms with Gasteiger partial charge in [-0.1, -0.05) is 25.8 Å². The van der Waals surface area contributed by atoms with Gasteiger partial charge in [-0.25, -0.2) is 8.42 Å². The molecule has 2 aromatic heterocycles. The highest BCUT2D eigenvalue weighted by molar-refractivity contribution is 7.89. The van der Waals surface area contributed by atoms with Crippen LogP contribution >= 0.6 is 0 Å². The van der Waals surface area contributed by atoms with E-state index < -0.39 is 10.0 Å². The molecule has 1 unspecified atom stereocenters. The molecule has 158 valence electrons. The lowest BCUT2D eigenvalue weighted by atomic mass is 9.97. The summed E-state index contributed by atoms with van der Waals surface area (Å²) in [5.41, 5.74) is 4.24. The molecular weight excluding hydrogens is 388 g/mol. The van der Waals surface area contributed by atoms with E-state index in [9.17, 15) is 8.42 Å². The zero-order valence-corrected chi connectivity index (χ0v) is 17.9. The summed E-state index contributed by atoms with van der Waals surface area (Å²) in [7, 11) is -3.29. The molecule has 0 aromatic carbocycles. The molecule has 7 nitrogen and oxygen atoms in total. The summed E-state index contributed by atoms with van der Waals surface area (Å²) in [6.07, 6.45) is 8.76. The molecule has 0 N–H and O–H groups in total. The molecule has 1 fully saturated rings. The second kappa shape index (κ2) is 8.93. The summed E-state index contributed by atoms with van der Waals surface area (Å²) in [4.78, 5) is 4.21. The molecule has 0 radical (unpaired) electrons. The highest BCUT2D eigenvalue weighted by Crippen LogP contribution is 2.37. The predicted molar refractivity (Wildman–Crippen MR) is 111 cm³/mol. The van der Waals surface area contributed by atoms with Gasteiger partial charge in [0.25, 0.3) is 0 Å². The highest BCUT2D eigenvalue weighted by atomic mass is 32.2. The summed E-state index contributed by atoms with van der Waals surface area (Å²) in [6.45, 7) is 4.44. The molecule has 2 aromatic rings. The fourth-order valence-electron chi connectivity index (χ4n) is 4.35. The average molecular weight is 419 g/mol. The topological polar surface area (TPSA) is 77.3 Å². The molecule has 0 aliphatic carbocycles. The van der Waals surface area contributed by atoms with Crippen LogP contribution in [0.2, 0.25) is 0 Å². The minimum absolute atomic E-state index is 0.184. The molecule has 0 bridgehead atoms. The van der Waals surface area contributed by atoms with Crippen LogP contribution in [0.1, 0.15) is 67.6 Å². The SMILES string of the molecule is CCCCS(=O)(=O)N1CCCCC1c1nn(Cc2cccnc2)c2c1COCC2. The quantitative estimate of drug-likeness (QED) is 0.691. The van der Waals surface area contributed by atoms with Crippen molar-refractivity contribution < 1.29 is 13.2 Å². The molecule has 0 spiro atoms. The first kappa shape index (κ1) is 20.5. The highest BCUT2D eigenvalue weighted by Gasteiger charge is 2.37. The van der Waals surface area contributed by atoms with Crippen LogP contribution in [0.25, 0.3) is 0 Å². The van der Waals surface area contributed by atoms with Gasteiger partial charge in [-0.15, -0.1) is 0 Å². The number of rotatable bonds is 7. The number of unbranched alkanes of at least 4 members (excludes halogenated alkanes) is 1. The zero-order valence-electron chi connectivity index (χ0n) is 17.1. The maximum atomic E-state index is 13.0. The largest absolute Gasteiger partial charge is 0.376 e. The third kappa shape index (κ3) is 4.39. The van der Waals surface area contributed by atoms with Crippen LogP contribution in [-0.4, -0.2) is 46.4 Å². The van der Waals surface area contributed by atoms with Crippen molar-refractivity contribution in [1.29, 1.82) is 0 Å². The number of fused-ring (bicyclic) bond motifs is 1. The molecule has 4 rings (SSSR count). The van der Waals surface area contributed by atoms with Crippen LogP contribution in [0.15, 0.2) is 24.5 Å². The van der Waals surface area contributed by atoms with E-state index in [1.54, 1.807) is 10.5 Å². The molecular formula is C21H30N4O3S. The summed E-state index contributed by atoms with van der Waals surface area (Å²) in [5.74, 6) is 0.217. The Bertz CT molecular complexity index is 927. The fourth-order valence-corrected chi connectivity index (χ4v) is 6.24. The summed E-state index contributed by atoms with van der Waals surface area (Å²) in [5, 5.41) is 4.96. The first-order chi connectivity index (χ1) is 14.1. The van der Waals surface area contributed by atoms with E-state index >= 15 is 0 Å². The van der Waals surface area contributed by atoms with Crippen molar-refractivity contribution in [1.82, 2.24) is 19.1 Å². The molecule has 0 amide bonds. The minimum atomic E-state index is -3.29. The Hall–Kier alpha value is -1.77. The Labute approximate surface area is 173 Å². The summed E-state index contributed by atoms with van der Waals surface area (Å²) in [6, 6.07) is 3.79. The van der Waals surface area contributed by atoms with Crippen molar-refractivity contribution in [2.75, 3.05) is 18.9 Å². The van der Waals surface area contributed by atoms with Crippen LogP contribution in [0.3, 0.4) is 0 Å². The van der Waals surface area contributed by atoms with Gasteiger partial charge in [-0.2, -0.15) is 9.40 Å². The fraction of sp³-hybridized carbons (Fsp3) is 0.619. The maximum absolute atomic E-state index is 13.0. The van der Waals surface area contributed by atoms with Gasteiger partial charge in [0.05, 0.1) is 37.2 Å². The van der Waals surface area contributed by atoms with Crippen molar-refractivity contribution in [2.45, 2.75) is 64.6 Å². The van der Waals surface area contributed by atoms with Crippen molar-refractivity contribution in [3.05, 3.63) is 47.0 Å². The first-order valence-corrected chi connectivity index (χ1v) is 12.3. The van der Waals surface area contributed by atoms with E-state index in [2.05, 4.69) is 4.98 Å². The monoisotopic (exact) mass is 418 g/mol. The van der Waals surface area contributed by atoms with Crippen molar-refractivity contribution in [3.63, 3.8) is 0 Å². The van der Waals surface area contributed by atoms with Crippen LogP contribution in [0.5, 0.6) is 0 Å². The smallest absolute Gasteiger partial charge is 0.214 e. The van der Waals surface area contributed by atoms with Crippen LogP contribution in [0.4, 0.5) is 0 Å². The Balaban J connectivity index is 1.69. The third-order valence-electron chi connectivity index (χ3n) is 5.86. The Morgan fingerprint density at radius 3 is 3.00 bits per heavy atom. The molecule has 1 saturated heterocycles. The van der Waals surface area contributed by atoms with Gasteiger partial charge < -0.3 is 4.74 Å². The molecule has 8 heteroatoms. The molecule has 1 atom stereocenters. The molecule has 4 heterocycles. The van der Waals surface area contributed by atoms with Gasteiger partial charge in [0, 0.05) is 36.6 Å². The van der Waals surface area contributed by atoms with Crippen LogP contribution in [0, 0.1) is 0 Å². The number of aromatic nitrogens is 3. The number of hydrogen-bond donors (Lipinski definition) is 0. The van der Waals surface area contributed by atoms with E-state index in [0.29, 0.717) is 32.7 Å². The summed E-state index contributed by atoms with van der Waals surface area (Å²) >= 11 is 0. The van der Waals surface area contributed by atoms with Gasteiger partial charge in [0.1, 0.15) is 0 Å². The summed E-state index contributed by atoms with van der Waals surface area (Å²) < 4.78 is 35.6. The van der Waals surface area contributed by atoms with Crippen LogP contribution < -0.4 is 0 Å². The maximum Gasteiger partial charge on any atom is 0.214 e. The molecule has 29 heavy (non-hydrogen) atoms. The van der Waals surface area contributed by atoms with Gasteiger partial charge in [0.2, 0.25) is 10.0 Å². The Kier molecular flexibility index (Phi) is 6.32. The average Bonchev–Trinajstić information content (AvgIpc) is 3.11. The van der Waals surface area contributed by atoms with E-state index in [1.165, 1.54) is 5.69 Å². The lowest BCUT2D eigenvalue weighted by Gasteiger charge is -2.34. The second-order valence-electron chi connectivity index (χ2n) is 7.92. The predicted octanol–water partition coefficient (Wildman–Crippen LogP) is 3.06. The number of nitrogens with zero attached hydrogens (tertiary/aromatic N) is 4. The second-order valence-corrected chi connectivity index (χ2v) is 9.96. The lowest BCUT2D eigenvalue weighted by molar-refractivity contribution is 0.107. The number of ether oxygens (including phenoxy) is 1. The van der Waals surface area contributed by atoms with Gasteiger partial charge in [-0.05, 0) is 30.9 Å². The normalized spacial score (nSPS) is 20.5.